The summed E-state index contributed by atoms with van der Waals surface area (Å²) >= 11 is 0. The average molecular weight is 444 g/mol. The molecule has 0 bridgehead atoms. The monoisotopic (exact) mass is 443 g/mol. The van der Waals surface area contributed by atoms with Crippen molar-refractivity contribution in [3.63, 3.8) is 0 Å². The van der Waals surface area contributed by atoms with Crippen LogP contribution >= 0.6 is 0 Å². The molecule has 1 aliphatic heterocycles. The number of hydrogen-bond donors (Lipinski definition) is 3. The van der Waals surface area contributed by atoms with Crippen LogP contribution in [0.4, 0.5) is 5.69 Å². The Bertz CT molecular complexity index is 1030. The third-order valence-corrected chi connectivity index (χ3v) is 7.58. The van der Waals surface area contributed by atoms with Crippen LogP contribution in [0.5, 0.6) is 0 Å². The molecule has 0 aliphatic carbocycles. The standard InChI is InChI=1S/C24H33N3O3S/c1-16(2)22-15-20(31(29,30)27-18(4)19-11-13-25-14-12-19)9-10-23(22)26-24(28)21-8-6-5-7-17(21)3/h5-10,15-16,18-19,25,27H,11-14H2,1-4H3,(H,26,28)/t18-/m1/s1. The molecular weight excluding hydrogens is 410 g/mol. The van der Waals surface area contributed by atoms with E-state index in [-0.39, 0.29) is 22.8 Å². The Morgan fingerprint density at radius 2 is 1.74 bits per heavy atom. The van der Waals surface area contributed by atoms with Gasteiger partial charge in [0.15, 0.2) is 0 Å². The van der Waals surface area contributed by atoms with Gasteiger partial charge in [0.25, 0.3) is 5.91 Å². The number of sulfonamides is 1. The highest BCUT2D eigenvalue weighted by atomic mass is 32.2. The van der Waals surface area contributed by atoms with E-state index < -0.39 is 10.0 Å². The number of benzene rings is 2. The Morgan fingerprint density at radius 3 is 2.39 bits per heavy atom. The van der Waals surface area contributed by atoms with Gasteiger partial charge in [0, 0.05) is 17.3 Å². The molecule has 1 heterocycles. The summed E-state index contributed by atoms with van der Waals surface area (Å²) in [4.78, 5) is 13.0. The van der Waals surface area contributed by atoms with Crippen LogP contribution in [0.2, 0.25) is 0 Å². The van der Waals surface area contributed by atoms with Gasteiger partial charge >= 0.3 is 0 Å². The topological polar surface area (TPSA) is 87.3 Å². The first-order valence-electron chi connectivity index (χ1n) is 10.9. The summed E-state index contributed by atoms with van der Waals surface area (Å²) in [5, 5.41) is 6.27. The van der Waals surface area contributed by atoms with Crippen molar-refractivity contribution in [3.05, 3.63) is 59.2 Å². The van der Waals surface area contributed by atoms with E-state index in [1.165, 1.54) is 0 Å². The van der Waals surface area contributed by atoms with Crippen LogP contribution in [0, 0.1) is 12.8 Å². The Hall–Kier alpha value is -2.22. The molecule has 1 fully saturated rings. The smallest absolute Gasteiger partial charge is 0.255 e. The summed E-state index contributed by atoms with van der Waals surface area (Å²) in [6, 6.07) is 12.2. The van der Waals surface area contributed by atoms with Gasteiger partial charge in [0.05, 0.1) is 4.90 Å². The lowest BCUT2D eigenvalue weighted by molar-refractivity contribution is 0.102. The van der Waals surface area contributed by atoms with E-state index in [1.54, 1.807) is 24.3 Å². The second-order valence-electron chi connectivity index (χ2n) is 8.67. The molecule has 1 saturated heterocycles. The van der Waals surface area contributed by atoms with Crippen LogP contribution in [-0.4, -0.2) is 33.5 Å². The molecule has 3 rings (SSSR count). The number of carbonyl (C=O) groups is 1. The van der Waals surface area contributed by atoms with Crippen molar-refractivity contribution >= 4 is 21.6 Å². The number of hydrogen-bond acceptors (Lipinski definition) is 4. The molecule has 0 saturated carbocycles. The highest BCUT2D eigenvalue weighted by Crippen LogP contribution is 2.28. The predicted molar refractivity (Wildman–Crippen MR) is 125 cm³/mol. The molecule has 1 aliphatic rings. The first-order chi connectivity index (χ1) is 14.7. The van der Waals surface area contributed by atoms with Gasteiger partial charge in [0.2, 0.25) is 10.0 Å². The molecule has 0 radical (unpaired) electrons. The first-order valence-corrected chi connectivity index (χ1v) is 12.4. The van der Waals surface area contributed by atoms with Crippen molar-refractivity contribution in [3.8, 4) is 0 Å². The van der Waals surface area contributed by atoms with Crippen molar-refractivity contribution < 1.29 is 13.2 Å². The average Bonchev–Trinajstić information content (AvgIpc) is 2.74. The van der Waals surface area contributed by atoms with E-state index in [0.717, 1.165) is 37.1 Å². The Morgan fingerprint density at radius 1 is 1.06 bits per heavy atom. The SMILES string of the molecule is Cc1ccccc1C(=O)Nc1ccc(S(=O)(=O)N[C@H](C)C2CCNCC2)cc1C(C)C. The molecule has 0 aromatic heterocycles. The van der Waals surface area contributed by atoms with E-state index >= 15 is 0 Å². The Labute approximate surface area is 185 Å². The lowest BCUT2D eigenvalue weighted by atomic mass is 9.92. The lowest BCUT2D eigenvalue weighted by Gasteiger charge is -2.28. The zero-order valence-electron chi connectivity index (χ0n) is 18.7. The van der Waals surface area contributed by atoms with Crippen LogP contribution in [0.1, 0.15) is 61.0 Å². The predicted octanol–water partition coefficient (Wildman–Crippen LogP) is 4.04. The third-order valence-electron chi connectivity index (χ3n) is 6.03. The Balaban J connectivity index is 1.82. The van der Waals surface area contributed by atoms with E-state index in [0.29, 0.717) is 17.2 Å². The number of nitrogens with one attached hydrogen (secondary N) is 3. The molecule has 2 aromatic carbocycles. The van der Waals surface area contributed by atoms with Gasteiger partial charge in [-0.1, -0.05) is 32.0 Å². The van der Waals surface area contributed by atoms with Crippen LogP contribution in [0.25, 0.3) is 0 Å². The number of rotatable bonds is 7. The molecule has 1 amide bonds. The maximum atomic E-state index is 13.0. The maximum Gasteiger partial charge on any atom is 0.255 e. The van der Waals surface area contributed by atoms with Gasteiger partial charge in [-0.15, -0.1) is 0 Å². The molecule has 6 nitrogen and oxygen atoms in total. The normalized spacial score (nSPS) is 16.3. The maximum absolute atomic E-state index is 13.0. The van der Waals surface area contributed by atoms with E-state index in [2.05, 4.69) is 15.4 Å². The number of piperidine rings is 1. The highest BCUT2D eigenvalue weighted by molar-refractivity contribution is 7.89. The molecule has 168 valence electrons. The molecule has 31 heavy (non-hydrogen) atoms. The lowest BCUT2D eigenvalue weighted by Crippen LogP contribution is -2.42. The fourth-order valence-electron chi connectivity index (χ4n) is 4.07. The molecule has 2 aromatic rings. The fourth-order valence-corrected chi connectivity index (χ4v) is 5.42. The van der Waals surface area contributed by atoms with Gasteiger partial charge < -0.3 is 10.6 Å². The molecule has 0 spiro atoms. The molecular formula is C24H33N3O3S. The number of amides is 1. The largest absolute Gasteiger partial charge is 0.322 e. The van der Waals surface area contributed by atoms with Crippen molar-refractivity contribution in [1.29, 1.82) is 0 Å². The van der Waals surface area contributed by atoms with E-state index in [4.69, 9.17) is 0 Å². The molecule has 7 heteroatoms. The van der Waals surface area contributed by atoms with Crippen molar-refractivity contribution in [2.24, 2.45) is 5.92 Å². The molecule has 1 atom stereocenters. The highest BCUT2D eigenvalue weighted by Gasteiger charge is 2.26. The number of aryl methyl sites for hydroxylation is 1. The third kappa shape index (κ3) is 5.73. The minimum Gasteiger partial charge on any atom is -0.322 e. The van der Waals surface area contributed by atoms with Crippen molar-refractivity contribution in [2.45, 2.75) is 57.4 Å². The van der Waals surface area contributed by atoms with Crippen LogP contribution < -0.4 is 15.4 Å². The van der Waals surface area contributed by atoms with Gasteiger partial charge in [-0.25, -0.2) is 13.1 Å². The first kappa shape index (κ1) is 23.4. The summed E-state index contributed by atoms with van der Waals surface area (Å²) in [5.41, 5.74) is 2.92. The Kier molecular flexibility index (Phi) is 7.51. The molecule has 3 N–H and O–H groups in total. The van der Waals surface area contributed by atoms with Gasteiger partial charge in [-0.05, 0) is 87.0 Å². The van der Waals surface area contributed by atoms with Crippen molar-refractivity contribution in [2.75, 3.05) is 18.4 Å². The summed E-state index contributed by atoms with van der Waals surface area (Å²) in [6.45, 7) is 9.64. The van der Waals surface area contributed by atoms with Gasteiger partial charge in [0.1, 0.15) is 0 Å². The zero-order valence-corrected chi connectivity index (χ0v) is 19.6. The molecule has 0 unspecified atom stereocenters. The number of anilines is 1. The summed E-state index contributed by atoms with van der Waals surface area (Å²) < 4.78 is 29.0. The van der Waals surface area contributed by atoms with Gasteiger partial charge in [-0.2, -0.15) is 0 Å². The van der Waals surface area contributed by atoms with E-state index in [1.807, 2.05) is 45.9 Å². The summed E-state index contributed by atoms with van der Waals surface area (Å²) in [6.07, 6.45) is 1.93. The minimum absolute atomic E-state index is 0.0455. The minimum atomic E-state index is -3.65. The van der Waals surface area contributed by atoms with E-state index in [9.17, 15) is 13.2 Å². The van der Waals surface area contributed by atoms with Crippen molar-refractivity contribution in [1.82, 2.24) is 10.0 Å². The second kappa shape index (κ2) is 9.94. The zero-order chi connectivity index (χ0) is 22.6. The quantitative estimate of drug-likeness (QED) is 0.603. The fraction of sp³-hybridized carbons (Fsp3) is 0.458. The van der Waals surface area contributed by atoms with Crippen LogP contribution in [0.3, 0.4) is 0 Å². The van der Waals surface area contributed by atoms with Crippen LogP contribution in [-0.2, 0) is 10.0 Å². The van der Waals surface area contributed by atoms with Crippen LogP contribution in [0.15, 0.2) is 47.4 Å². The summed E-state index contributed by atoms with van der Waals surface area (Å²) in [5.74, 6) is 0.172. The van der Waals surface area contributed by atoms with Gasteiger partial charge in [-0.3, -0.25) is 4.79 Å². The second-order valence-corrected chi connectivity index (χ2v) is 10.4. The summed E-state index contributed by atoms with van der Waals surface area (Å²) in [7, 11) is -3.65. The number of carbonyl (C=O) groups excluding carboxylic acids is 1.